The standard InChI is InChI=1S/C11H21NO2/c13-9-5-7-12(8-6-9)10-3-1-2-4-11(10)14/h9-11,13-14H,1-8H2/t10-,11+/m1/s1. The van der Waals surface area contributed by atoms with Crippen molar-refractivity contribution in [1.29, 1.82) is 0 Å². The Balaban J connectivity index is 1.87. The van der Waals surface area contributed by atoms with Gasteiger partial charge in [-0.15, -0.1) is 0 Å². The summed E-state index contributed by atoms with van der Waals surface area (Å²) in [6.07, 6.45) is 6.05. The van der Waals surface area contributed by atoms with Crippen molar-refractivity contribution in [3.8, 4) is 0 Å². The fraction of sp³-hybridized carbons (Fsp3) is 1.00. The Morgan fingerprint density at radius 3 is 2.14 bits per heavy atom. The molecule has 1 aliphatic heterocycles. The number of aliphatic hydroxyl groups excluding tert-OH is 2. The van der Waals surface area contributed by atoms with E-state index >= 15 is 0 Å². The van der Waals surface area contributed by atoms with Crippen LogP contribution in [0.25, 0.3) is 0 Å². The van der Waals surface area contributed by atoms with Gasteiger partial charge in [0.25, 0.3) is 0 Å². The van der Waals surface area contributed by atoms with E-state index in [1.165, 1.54) is 12.8 Å². The van der Waals surface area contributed by atoms with Gasteiger partial charge in [0, 0.05) is 19.1 Å². The van der Waals surface area contributed by atoms with Crippen molar-refractivity contribution in [2.45, 2.75) is 56.8 Å². The van der Waals surface area contributed by atoms with E-state index in [9.17, 15) is 10.2 Å². The molecule has 2 atom stereocenters. The highest BCUT2D eigenvalue weighted by Crippen LogP contribution is 2.25. The molecule has 3 nitrogen and oxygen atoms in total. The molecule has 1 saturated carbocycles. The third-order valence-corrected chi connectivity index (χ3v) is 3.66. The molecule has 0 aromatic carbocycles. The van der Waals surface area contributed by atoms with Gasteiger partial charge >= 0.3 is 0 Å². The smallest absolute Gasteiger partial charge is 0.0695 e. The van der Waals surface area contributed by atoms with Gasteiger partial charge < -0.3 is 10.2 Å². The quantitative estimate of drug-likeness (QED) is 0.655. The van der Waals surface area contributed by atoms with E-state index < -0.39 is 0 Å². The van der Waals surface area contributed by atoms with Crippen LogP contribution in [0.3, 0.4) is 0 Å². The fourth-order valence-electron chi connectivity index (χ4n) is 2.74. The first kappa shape index (κ1) is 10.4. The highest BCUT2D eigenvalue weighted by atomic mass is 16.3. The van der Waals surface area contributed by atoms with E-state index in [4.69, 9.17) is 0 Å². The summed E-state index contributed by atoms with van der Waals surface area (Å²) in [6.45, 7) is 1.92. The van der Waals surface area contributed by atoms with E-state index in [0.717, 1.165) is 38.8 Å². The van der Waals surface area contributed by atoms with Crippen LogP contribution in [0.2, 0.25) is 0 Å². The molecule has 0 aromatic heterocycles. The van der Waals surface area contributed by atoms with Crippen molar-refractivity contribution in [3.63, 3.8) is 0 Å². The molecule has 2 fully saturated rings. The van der Waals surface area contributed by atoms with Crippen LogP contribution in [0.15, 0.2) is 0 Å². The van der Waals surface area contributed by atoms with Crippen molar-refractivity contribution < 1.29 is 10.2 Å². The normalized spacial score (nSPS) is 37.3. The zero-order valence-corrected chi connectivity index (χ0v) is 8.73. The van der Waals surface area contributed by atoms with Crippen LogP contribution in [0.4, 0.5) is 0 Å². The van der Waals surface area contributed by atoms with Gasteiger partial charge in [-0.3, -0.25) is 4.90 Å². The molecular weight excluding hydrogens is 178 g/mol. The first-order valence-corrected chi connectivity index (χ1v) is 5.87. The molecule has 0 amide bonds. The lowest BCUT2D eigenvalue weighted by molar-refractivity contribution is -0.0113. The van der Waals surface area contributed by atoms with Crippen molar-refractivity contribution in [2.24, 2.45) is 0 Å². The Kier molecular flexibility index (Phi) is 3.42. The summed E-state index contributed by atoms with van der Waals surface area (Å²) in [6, 6.07) is 0.372. The minimum absolute atomic E-state index is 0.105. The second-order valence-electron chi connectivity index (χ2n) is 4.69. The molecule has 1 aliphatic carbocycles. The molecule has 0 spiro atoms. The van der Waals surface area contributed by atoms with E-state index in [2.05, 4.69) is 4.90 Å². The molecule has 2 N–H and O–H groups in total. The lowest BCUT2D eigenvalue weighted by atomic mass is 9.90. The van der Waals surface area contributed by atoms with Gasteiger partial charge in [0.2, 0.25) is 0 Å². The van der Waals surface area contributed by atoms with E-state index in [1.54, 1.807) is 0 Å². The number of rotatable bonds is 1. The van der Waals surface area contributed by atoms with Crippen LogP contribution in [0.5, 0.6) is 0 Å². The Bertz CT molecular complexity index is 178. The maximum absolute atomic E-state index is 9.88. The van der Waals surface area contributed by atoms with Crippen molar-refractivity contribution >= 4 is 0 Å². The van der Waals surface area contributed by atoms with Gasteiger partial charge in [-0.2, -0.15) is 0 Å². The molecule has 0 aromatic rings. The molecule has 0 unspecified atom stereocenters. The van der Waals surface area contributed by atoms with Gasteiger partial charge in [-0.25, -0.2) is 0 Å². The Hall–Kier alpha value is -0.120. The third kappa shape index (κ3) is 2.27. The summed E-state index contributed by atoms with van der Waals surface area (Å²) < 4.78 is 0. The molecule has 0 bridgehead atoms. The minimum Gasteiger partial charge on any atom is -0.393 e. The number of likely N-dealkylation sites (tertiary alicyclic amines) is 1. The second kappa shape index (κ2) is 4.60. The van der Waals surface area contributed by atoms with Gasteiger partial charge in [0.15, 0.2) is 0 Å². The minimum atomic E-state index is -0.126. The SMILES string of the molecule is OC1CCN([C@@H]2CCCC[C@@H]2O)CC1. The molecule has 2 rings (SSSR count). The second-order valence-corrected chi connectivity index (χ2v) is 4.69. The fourth-order valence-corrected chi connectivity index (χ4v) is 2.74. The molecule has 2 aliphatic rings. The predicted molar refractivity (Wildman–Crippen MR) is 55.1 cm³/mol. The Labute approximate surface area is 85.7 Å². The first-order chi connectivity index (χ1) is 6.77. The van der Waals surface area contributed by atoms with Crippen molar-refractivity contribution in [2.75, 3.05) is 13.1 Å². The average Bonchev–Trinajstić information content (AvgIpc) is 2.20. The van der Waals surface area contributed by atoms with E-state index in [0.29, 0.717) is 6.04 Å². The molecular formula is C11H21NO2. The van der Waals surface area contributed by atoms with Crippen LogP contribution in [0, 0.1) is 0 Å². The Morgan fingerprint density at radius 2 is 1.50 bits per heavy atom. The van der Waals surface area contributed by atoms with E-state index in [1.807, 2.05) is 0 Å². The molecule has 3 heteroatoms. The zero-order chi connectivity index (χ0) is 9.97. The highest BCUT2D eigenvalue weighted by Gasteiger charge is 2.30. The van der Waals surface area contributed by atoms with Gasteiger partial charge in [0.05, 0.1) is 12.2 Å². The number of hydrogen-bond donors (Lipinski definition) is 2. The van der Waals surface area contributed by atoms with Crippen LogP contribution in [-0.2, 0) is 0 Å². The predicted octanol–water partition coefficient (Wildman–Crippen LogP) is 0.747. The maximum Gasteiger partial charge on any atom is 0.0695 e. The molecule has 14 heavy (non-hydrogen) atoms. The average molecular weight is 199 g/mol. The van der Waals surface area contributed by atoms with Crippen LogP contribution in [0.1, 0.15) is 38.5 Å². The van der Waals surface area contributed by atoms with Gasteiger partial charge in [-0.1, -0.05) is 12.8 Å². The number of hydrogen-bond acceptors (Lipinski definition) is 3. The summed E-state index contributed by atoms with van der Waals surface area (Å²) in [5, 5.41) is 19.3. The summed E-state index contributed by atoms with van der Waals surface area (Å²) >= 11 is 0. The van der Waals surface area contributed by atoms with Crippen molar-refractivity contribution in [1.82, 2.24) is 4.90 Å². The third-order valence-electron chi connectivity index (χ3n) is 3.66. The monoisotopic (exact) mass is 199 g/mol. The summed E-state index contributed by atoms with van der Waals surface area (Å²) in [5.41, 5.74) is 0. The summed E-state index contributed by atoms with van der Waals surface area (Å²) in [5.74, 6) is 0. The lowest BCUT2D eigenvalue weighted by Crippen LogP contribution is -2.49. The van der Waals surface area contributed by atoms with Gasteiger partial charge in [0.1, 0.15) is 0 Å². The molecule has 0 radical (unpaired) electrons. The van der Waals surface area contributed by atoms with E-state index in [-0.39, 0.29) is 12.2 Å². The molecule has 1 heterocycles. The van der Waals surface area contributed by atoms with Crippen LogP contribution >= 0.6 is 0 Å². The lowest BCUT2D eigenvalue weighted by Gasteiger charge is -2.40. The van der Waals surface area contributed by atoms with Crippen LogP contribution < -0.4 is 0 Å². The van der Waals surface area contributed by atoms with Crippen LogP contribution in [-0.4, -0.2) is 46.5 Å². The largest absolute Gasteiger partial charge is 0.393 e. The number of nitrogens with zero attached hydrogens (tertiary/aromatic N) is 1. The first-order valence-electron chi connectivity index (χ1n) is 5.87. The topological polar surface area (TPSA) is 43.7 Å². The van der Waals surface area contributed by atoms with Gasteiger partial charge in [-0.05, 0) is 25.7 Å². The zero-order valence-electron chi connectivity index (χ0n) is 8.73. The summed E-state index contributed by atoms with van der Waals surface area (Å²) in [4.78, 5) is 2.37. The maximum atomic E-state index is 9.88. The Morgan fingerprint density at radius 1 is 0.857 bits per heavy atom. The number of piperidine rings is 1. The molecule has 82 valence electrons. The van der Waals surface area contributed by atoms with Crippen molar-refractivity contribution in [3.05, 3.63) is 0 Å². The highest BCUT2D eigenvalue weighted by molar-refractivity contribution is 4.85. The number of aliphatic hydroxyl groups is 2. The summed E-state index contributed by atoms with van der Waals surface area (Å²) in [7, 11) is 0. The molecule has 1 saturated heterocycles.